The van der Waals surface area contributed by atoms with E-state index in [0.29, 0.717) is 24.0 Å². The van der Waals surface area contributed by atoms with Crippen LogP contribution in [0.25, 0.3) is 0 Å². The van der Waals surface area contributed by atoms with E-state index in [0.717, 1.165) is 36.2 Å². The number of halogens is 4. The SMILES string of the molecule is Cc1c(C(C)(C)C)n(C)n(CC2CC2)/c1=N/C(=O)c1cccc(C(F)(F)F)c1F. The molecule has 3 rings (SSSR count). The Morgan fingerprint density at radius 3 is 2.34 bits per heavy atom. The molecule has 1 heterocycles. The molecule has 0 atom stereocenters. The lowest BCUT2D eigenvalue weighted by Crippen LogP contribution is -2.27. The first-order valence-electron chi connectivity index (χ1n) is 9.54. The second-order valence-corrected chi connectivity index (χ2v) is 8.68. The Morgan fingerprint density at radius 2 is 1.83 bits per heavy atom. The molecule has 8 heteroatoms. The largest absolute Gasteiger partial charge is 0.419 e. The quantitative estimate of drug-likeness (QED) is 0.673. The van der Waals surface area contributed by atoms with E-state index in [1.807, 2.05) is 44.1 Å². The summed E-state index contributed by atoms with van der Waals surface area (Å²) < 4.78 is 57.2. The third-order valence-corrected chi connectivity index (χ3v) is 5.20. The minimum absolute atomic E-state index is 0.234. The van der Waals surface area contributed by atoms with Gasteiger partial charge in [0.1, 0.15) is 5.82 Å². The summed E-state index contributed by atoms with van der Waals surface area (Å²) in [7, 11) is 1.88. The van der Waals surface area contributed by atoms with Crippen molar-refractivity contribution in [3.05, 3.63) is 51.9 Å². The van der Waals surface area contributed by atoms with Crippen molar-refractivity contribution < 1.29 is 22.4 Å². The van der Waals surface area contributed by atoms with Crippen LogP contribution in [0, 0.1) is 18.7 Å². The van der Waals surface area contributed by atoms with E-state index in [-0.39, 0.29) is 5.41 Å². The highest BCUT2D eigenvalue weighted by atomic mass is 19.4. The predicted octanol–water partition coefficient (Wildman–Crippen LogP) is 4.74. The standard InChI is InChI=1S/C21H25F4N3O/c1-12-17(20(2,3)4)27(5)28(11-13-9-10-13)18(12)26-19(29)14-7-6-8-15(16(14)22)21(23,24)25/h6-8,13H,9-11H2,1-5H3/b26-18+. The van der Waals surface area contributed by atoms with Crippen LogP contribution >= 0.6 is 0 Å². The van der Waals surface area contributed by atoms with Crippen LogP contribution in [0.4, 0.5) is 17.6 Å². The topological polar surface area (TPSA) is 39.3 Å². The summed E-state index contributed by atoms with van der Waals surface area (Å²) in [5.74, 6) is -2.13. The molecule has 2 aromatic rings. The van der Waals surface area contributed by atoms with Gasteiger partial charge >= 0.3 is 6.18 Å². The fourth-order valence-corrected chi connectivity index (χ4v) is 3.82. The van der Waals surface area contributed by atoms with Gasteiger partial charge in [-0.1, -0.05) is 26.8 Å². The molecule has 0 N–H and O–H groups in total. The summed E-state index contributed by atoms with van der Waals surface area (Å²) in [6.07, 6.45) is -2.72. The van der Waals surface area contributed by atoms with Crippen LogP contribution in [0.2, 0.25) is 0 Å². The molecule has 0 aliphatic heterocycles. The van der Waals surface area contributed by atoms with Gasteiger partial charge in [0.2, 0.25) is 0 Å². The van der Waals surface area contributed by atoms with Crippen molar-refractivity contribution in [2.45, 2.75) is 58.7 Å². The smallest absolute Gasteiger partial charge is 0.290 e. The second kappa shape index (κ2) is 7.15. The molecule has 1 fully saturated rings. The Morgan fingerprint density at radius 1 is 1.21 bits per heavy atom. The highest BCUT2D eigenvalue weighted by molar-refractivity contribution is 5.95. The van der Waals surface area contributed by atoms with Crippen LogP contribution in [0.3, 0.4) is 0 Å². The molecule has 1 saturated carbocycles. The molecule has 29 heavy (non-hydrogen) atoms. The number of alkyl halides is 3. The van der Waals surface area contributed by atoms with Gasteiger partial charge in [0.15, 0.2) is 5.49 Å². The second-order valence-electron chi connectivity index (χ2n) is 8.68. The third kappa shape index (κ3) is 4.16. The molecule has 4 nitrogen and oxygen atoms in total. The molecule has 158 valence electrons. The summed E-state index contributed by atoms with van der Waals surface area (Å²) >= 11 is 0. The van der Waals surface area contributed by atoms with Crippen molar-refractivity contribution in [2.24, 2.45) is 18.0 Å². The molecule has 0 radical (unpaired) electrons. The number of hydrogen-bond donors (Lipinski definition) is 0. The molecule has 0 bridgehead atoms. The number of benzene rings is 1. The highest BCUT2D eigenvalue weighted by Crippen LogP contribution is 2.33. The maximum Gasteiger partial charge on any atom is 0.419 e. The molecular formula is C21H25F4N3O. The van der Waals surface area contributed by atoms with Crippen LogP contribution in [-0.2, 0) is 25.2 Å². The van der Waals surface area contributed by atoms with E-state index < -0.39 is 29.0 Å². The summed E-state index contributed by atoms with van der Waals surface area (Å²) in [6, 6.07) is 2.67. The molecule has 1 aliphatic rings. The molecular weight excluding hydrogens is 386 g/mol. The van der Waals surface area contributed by atoms with Gasteiger partial charge in [-0.2, -0.15) is 18.2 Å². The minimum Gasteiger partial charge on any atom is -0.290 e. The minimum atomic E-state index is -4.88. The van der Waals surface area contributed by atoms with Crippen LogP contribution in [0.1, 0.15) is 60.8 Å². The van der Waals surface area contributed by atoms with E-state index >= 15 is 0 Å². The first-order chi connectivity index (χ1) is 13.3. The van der Waals surface area contributed by atoms with Crippen LogP contribution in [0.15, 0.2) is 23.2 Å². The Balaban J connectivity index is 2.17. The lowest BCUT2D eigenvalue weighted by atomic mass is 9.89. The molecule has 1 aromatic heterocycles. The van der Waals surface area contributed by atoms with Crippen LogP contribution in [-0.4, -0.2) is 15.3 Å². The average molecular weight is 411 g/mol. The lowest BCUT2D eigenvalue weighted by Gasteiger charge is -2.21. The van der Waals surface area contributed by atoms with Crippen molar-refractivity contribution >= 4 is 5.91 Å². The predicted molar refractivity (Wildman–Crippen MR) is 101 cm³/mol. The number of carbonyl (C=O) groups excluding carboxylic acids is 1. The Labute approximate surface area is 166 Å². The summed E-state index contributed by atoms with van der Waals surface area (Å²) in [5, 5.41) is 0. The zero-order valence-electron chi connectivity index (χ0n) is 17.2. The molecule has 1 amide bonds. The van der Waals surface area contributed by atoms with Crippen molar-refractivity contribution in [3.63, 3.8) is 0 Å². The van der Waals surface area contributed by atoms with Crippen molar-refractivity contribution in [1.82, 2.24) is 9.36 Å². The summed E-state index contributed by atoms with van der Waals surface area (Å²) in [6.45, 7) is 8.60. The number of amides is 1. The Kier molecular flexibility index (Phi) is 5.26. The van der Waals surface area contributed by atoms with Gasteiger partial charge in [-0.25, -0.2) is 4.39 Å². The normalized spacial score (nSPS) is 15.8. The van der Waals surface area contributed by atoms with Crippen molar-refractivity contribution in [3.8, 4) is 0 Å². The van der Waals surface area contributed by atoms with E-state index in [9.17, 15) is 22.4 Å². The van der Waals surface area contributed by atoms with Gasteiger partial charge in [-0.3, -0.25) is 14.2 Å². The lowest BCUT2D eigenvalue weighted by molar-refractivity contribution is -0.140. The number of carbonyl (C=O) groups is 1. The number of rotatable bonds is 3. The molecule has 0 unspecified atom stereocenters. The Bertz CT molecular complexity index is 1020. The number of hydrogen-bond acceptors (Lipinski definition) is 1. The average Bonchev–Trinajstić information content (AvgIpc) is 3.35. The first kappa shape index (κ1) is 21.3. The van der Waals surface area contributed by atoms with E-state index in [2.05, 4.69) is 4.99 Å². The van der Waals surface area contributed by atoms with Gasteiger partial charge < -0.3 is 0 Å². The van der Waals surface area contributed by atoms with E-state index in [1.165, 1.54) is 0 Å². The third-order valence-electron chi connectivity index (χ3n) is 5.20. The zero-order valence-corrected chi connectivity index (χ0v) is 17.2. The zero-order chi connectivity index (χ0) is 21.7. The summed E-state index contributed by atoms with van der Waals surface area (Å²) in [4.78, 5) is 16.8. The van der Waals surface area contributed by atoms with Gasteiger partial charge in [-0.05, 0) is 37.8 Å². The maximum atomic E-state index is 14.4. The fourth-order valence-electron chi connectivity index (χ4n) is 3.82. The molecule has 1 aliphatic carbocycles. The van der Waals surface area contributed by atoms with Gasteiger partial charge in [-0.15, -0.1) is 0 Å². The molecule has 0 spiro atoms. The monoisotopic (exact) mass is 411 g/mol. The van der Waals surface area contributed by atoms with Crippen molar-refractivity contribution in [1.29, 1.82) is 0 Å². The van der Waals surface area contributed by atoms with Gasteiger partial charge in [0, 0.05) is 30.3 Å². The molecule has 0 saturated heterocycles. The van der Waals surface area contributed by atoms with Crippen molar-refractivity contribution in [2.75, 3.05) is 0 Å². The molecule has 1 aromatic carbocycles. The van der Waals surface area contributed by atoms with E-state index in [4.69, 9.17) is 0 Å². The Hall–Kier alpha value is -2.38. The number of nitrogens with zero attached hydrogens (tertiary/aromatic N) is 3. The first-order valence-corrected chi connectivity index (χ1v) is 9.54. The van der Waals surface area contributed by atoms with Crippen LogP contribution in [0.5, 0.6) is 0 Å². The fraction of sp³-hybridized carbons (Fsp3) is 0.524. The van der Waals surface area contributed by atoms with Gasteiger partial charge in [0.05, 0.1) is 11.1 Å². The summed E-state index contributed by atoms with van der Waals surface area (Å²) in [5.41, 5.74) is -0.285. The van der Waals surface area contributed by atoms with Crippen LogP contribution < -0.4 is 5.49 Å². The maximum absolute atomic E-state index is 14.4. The number of aromatic nitrogens is 2. The highest BCUT2D eigenvalue weighted by Gasteiger charge is 2.36. The van der Waals surface area contributed by atoms with E-state index in [1.54, 1.807) is 0 Å². The van der Waals surface area contributed by atoms with Gasteiger partial charge in [0.25, 0.3) is 5.91 Å².